The first-order valence-corrected chi connectivity index (χ1v) is 7.52. The number of fused-ring (bicyclic) bond motifs is 1. The van der Waals surface area contributed by atoms with E-state index in [9.17, 15) is 8.78 Å². The monoisotopic (exact) mass is 273 g/mol. The van der Waals surface area contributed by atoms with E-state index in [-0.39, 0.29) is 17.4 Å². The maximum Gasteiger partial charge on any atom is 0.276 e. The highest BCUT2D eigenvalue weighted by atomic mass is 19.3. The van der Waals surface area contributed by atoms with Gasteiger partial charge in [-0.2, -0.15) is 0 Å². The van der Waals surface area contributed by atoms with E-state index in [4.69, 9.17) is 4.74 Å². The van der Waals surface area contributed by atoms with Gasteiger partial charge in [-0.05, 0) is 37.6 Å². The average molecular weight is 273 g/mol. The zero-order valence-corrected chi connectivity index (χ0v) is 12.2. The summed E-state index contributed by atoms with van der Waals surface area (Å²) in [5, 5.41) is 0. The fraction of sp³-hybridized carbons (Fsp3) is 1.00. The summed E-state index contributed by atoms with van der Waals surface area (Å²) in [7, 11) is 0. The first-order valence-electron chi connectivity index (χ1n) is 7.52. The molecule has 3 atom stereocenters. The number of alkyl halides is 2. The van der Waals surface area contributed by atoms with Gasteiger partial charge in [0.2, 0.25) is 0 Å². The number of ether oxygens (including phenoxy) is 1. The van der Waals surface area contributed by atoms with Crippen LogP contribution in [0.4, 0.5) is 8.78 Å². The molecule has 19 heavy (non-hydrogen) atoms. The third-order valence-electron chi connectivity index (χ3n) is 5.53. The third kappa shape index (κ3) is 2.11. The Balaban J connectivity index is 1.63. The van der Waals surface area contributed by atoms with Gasteiger partial charge in [0, 0.05) is 18.0 Å². The van der Waals surface area contributed by atoms with E-state index in [2.05, 4.69) is 25.7 Å². The highest BCUT2D eigenvalue weighted by Gasteiger charge is 2.60. The minimum Gasteiger partial charge on any atom is -0.370 e. The predicted octanol–water partition coefficient (Wildman–Crippen LogP) is 3.45. The minimum atomic E-state index is -2.55. The molecular weight excluding hydrogens is 248 g/mol. The Labute approximate surface area is 114 Å². The van der Waals surface area contributed by atoms with E-state index < -0.39 is 12.0 Å². The van der Waals surface area contributed by atoms with Crippen LogP contribution in [0.3, 0.4) is 0 Å². The summed E-state index contributed by atoms with van der Waals surface area (Å²) in [6.45, 7) is 8.52. The van der Waals surface area contributed by atoms with Crippen LogP contribution in [0.1, 0.15) is 52.9 Å². The normalized spacial score (nSPS) is 41.5. The Morgan fingerprint density at radius 3 is 2.53 bits per heavy atom. The summed E-state index contributed by atoms with van der Waals surface area (Å²) >= 11 is 0. The quantitative estimate of drug-likeness (QED) is 0.781. The summed E-state index contributed by atoms with van der Waals surface area (Å²) in [6.07, 6.45) is 3.87. The molecule has 0 radical (unpaired) electrons. The van der Waals surface area contributed by atoms with Gasteiger partial charge >= 0.3 is 0 Å². The van der Waals surface area contributed by atoms with Crippen LogP contribution in [0.2, 0.25) is 0 Å². The van der Waals surface area contributed by atoms with Crippen molar-refractivity contribution in [3.8, 4) is 0 Å². The van der Waals surface area contributed by atoms with Crippen molar-refractivity contribution in [3.05, 3.63) is 0 Å². The standard InChI is InChI=1S/C15H25F2NO/c1-13(2,3)14-6-4-8-18(14)11(5-7-14)10-19-12-9-15(12,16)17/h11-12H,4-10H2,1-3H3. The number of halogens is 2. The number of hydrogen-bond acceptors (Lipinski definition) is 2. The molecule has 0 amide bonds. The second kappa shape index (κ2) is 4.14. The fourth-order valence-electron chi connectivity index (χ4n) is 4.21. The molecule has 2 nitrogen and oxygen atoms in total. The van der Waals surface area contributed by atoms with Crippen LogP contribution in [-0.4, -0.2) is 41.7 Å². The Morgan fingerprint density at radius 1 is 1.26 bits per heavy atom. The van der Waals surface area contributed by atoms with E-state index >= 15 is 0 Å². The first kappa shape index (κ1) is 13.7. The molecule has 3 aliphatic rings. The highest BCUT2D eigenvalue weighted by Crippen LogP contribution is 2.53. The molecule has 0 bridgehead atoms. The number of rotatable bonds is 3. The molecular formula is C15H25F2NO. The molecule has 0 N–H and O–H groups in total. The van der Waals surface area contributed by atoms with Crippen molar-refractivity contribution in [3.63, 3.8) is 0 Å². The molecule has 0 aromatic rings. The summed E-state index contributed by atoms with van der Waals surface area (Å²) in [4.78, 5) is 2.56. The van der Waals surface area contributed by atoms with E-state index in [0.717, 1.165) is 13.0 Å². The Morgan fingerprint density at radius 2 is 1.95 bits per heavy atom. The maximum absolute atomic E-state index is 12.9. The zero-order chi connectivity index (χ0) is 13.9. The van der Waals surface area contributed by atoms with Gasteiger partial charge in [-0.15, -0.1) is 0 Å². The smallest absolute Gasteiger partial charge is 0.276 e. The van der Waals surface area contributed by atoms with Crippen molar-refractivity contribution in [2.24, 2.45) is 5.41 Å². The summed E-state index contributed by atoms with van der Waals surface area (Å²) in [5.74, 6) is -2.55. The Hall–Kier alpha value is -0.220. The van der Waals surface area contributed by atoms with Crippen LogP contribution in [0.15, 0.2) is 0 Å². The van der Waals surface area contributed by atoms with Crippen LogP contribution < -0.4 is 0 Å². The zero-order valence-electron chi connectivity index (χ0n) is 12.2. The third-order valence-corrected chi connectivity index (χ3v) is 5.53. The molecule has 2 heterocycles. The van der Waals surface area contributed by atoms with Crippen molar-refractivity contribution in [2.45, 2.75) is 76.5 Å². The summed E-state index contributed by atoms with van der Waals surface area (Å²) < 4.78 is 31.2. The minimum absolute atomic E-state index is 0.0792. The largest absolute Gasteiger partial charge is 0.370 e. The lowest BCUT2D eigenvalue weighted by Crippen LogP contribution is -2.52. The van der Waals surface area contributed by atoms with Gasteiger partial charge in [-0.1, -0.05) is 20.8 Å². The van der Waals surface area contributed by atoms with E-state index in [1.165, 1.54) is 19.3 Å². The van der Waals surface area contributed by atoms with Gasteiger partial charge in [-0.3, -0.25) is 4.90 Å². The SMILES string of the molecule is CC(C)(C)C12CCCN1C(COC1CC1(F)F)CC2. The van der Waals surface area contributed by atoms with Crippen LogP contribution >= 0.6 is 0 Å². The van der Waals surface area contributed by atoms with E-state index in [0.29, 0.717) is 12.6 Å². The molecule has 2 saturated heterocycles. The second-order valence-corrected chi connectivity index (χ2v) is 7.56. The molecule has 2 aliphatic heterocycles. The summed E-state index contributed by atoms with van der Waals surface area (Å²) in [6, 6.07) is 0.345. The molecule has 3 unspecified atom stereocenters. The van der Waals surface area contributed by atoms with Crippen molar-refractivity contribution in [1.29, 1.82) is 0 Å². The molecule has 4 heteroatoms. The second-order valence-electron chi connectivity index (χ2n) is 7.56. The van der Waals surface area contributed by atoms with Crippen molar-refractivity contribution in [2.75, 3.05) is 13.2 Å². The average Bonchev–Trinajstić information content (AvgIpc) is 2.65. The molecule has 0 spiro atoms. The maximum atomic E-state index is 12.9. The Bertz CT molecular complexity index is 366. The molecule has 1 saturated carbocycles. The van der Waals surface area contributed by atoms with Gasteiger partial charge < -0.3 is 4.74 Å². The molecule has 1 aliphatic carbocycles. The Kier molecular flexibility index (Phi) is 2.99. The lowest BCUT2D eigenvalue weighted by molar-refractivity contribution is -0.0235. The fourth-order valence-corrected chi connectivity index (χ4v) is 4.21. The van der Waals surface area contributed by atoms with Gasteiger partial charge in [0.05, 0.1) is 6.61 Å². The van der Waals surface area contributed by atoms with Crippen molar-refractivity contribution < 1.29 is 13.5 Å². The van der Waals surface area contributed by atoms with Crippen LogP contribution in [-0.2, 0) is 4.74 Å². The van der Waals surface area contributed by atoms with Crippen molar-refractivity contribution >= 4 is 0 Å². The van der Waals surface area contributed by atoms with Crippen LogP contribution in [0.25, 0.3) is 0 Å². The van der Waals surface area contributed by atoms with Crippen molar-refractivity contribution in [1.82, 2.24) is 4.90 Å². The predicted molar refractivity (Wildman–Crippen MR) is 70.5 cm³/mol. The van der Waals surface area contributed by atoms with Crippen LogP contribution in [0, 0.1) is 5.41 Å². The molecule has 0 aromatic heterocycles. The molecule has 3 fully saturated rings. The van der Waals surface area contributed by atoms with Gasteiger partial charge in [0.15, 0.2) is 0 Å². The molecule has 110 valence electrons. The van der Waals surface area contributed by atoms with Gasteiger partial charge in [0.1, 0.15) is 6.10 Å². The first-order chi connectivity index (χ1) is 8.76. The molecule has 3 rings (SSSR count). The summed E-state index contributed by atoms with van der Waals surface area (Å²) in [5.41, 5.74) is 0.523. The number of hydrogen-bond donors (Lipinski definition) is 0. The topological polar surface area (TPSA) is 12.5 Å². The van der Waals surface area contributed by atoms with E-state index in [1.807, 2.05) is 0 Å². The number of nitrogens with zero attached hydrogens (tertiary/aromatic N) is 1. The lowest BCUT2D eigenvalue weighted by atomic mass is 9.71. The highest BCUT2D eigenvalue weighted by molar-refractivity contribution is 5.10. The van der Waals surface area contributed by atoms with Gasteiger partial charge in [0.25, 0.3) is 5.92 Å². The lowest BCUT2D eigenvalue weighted by Gasteiger charge is -2.45. The molecule has 0 aromatic carbocycles. The van der Waals surface area contributed by atoms with E-state index in [1.54, 1.807) is 0 Å². The van der Waals surface area contributed by atoms with Gasteiger partial charge in [-0.25, -0.2) is 8.78 Å². The van der Waals surface area contributed by atoms with Crippen LogP contribution in [0.5, 0.6) is 0 Å².